The third-order valence-corrected chi connectivity index (χ3v) is 6.79. The molecule has 1 fully saturated rings. The maximum atomic E-state index is 13.1. The molecular weight excluding hydrogens is 456 g/mol. The van der Waals surface area contributed by atoms with Gasteiger partial charge in [0.2, 0.25) is 5.91 Å². The van der Waals surface area contributed by atoms with Crippen molar-refractivity contribution in [2.75, 3.05) is 33.4 Å². The van der Waals surface area contributed by atoms with Crippen LogP contribution < -0.4 is 10.5 Å². The van der Waals surface area contributed by atoms with E-state index in [-0.39, 0.29) is 24.9 Å². The van der Waals surface area contributed by atoms with Crippen LogP contribution in [0.2, 0.25) is 0 Å². The quantitative estimate of drug-likeness (QED) is 0.330. The fourth-order valence-electron chi connectivity index (χ4n) is 5.02. The van der Waals surface area contributed by atoms with Crippen LogP contribution in [0, 0.1) is 0 Å². The van der Waals surface area contributed by atoms with Crippen molar-refractivity contribution in [1.29, 1.82) is 0 Å². The van der Waals surface area contributed by atoms with Crippen molar-refractivity contribution in [3.8, 4) is 6.01 Å². The molecule has 1 aliphatic heterocycles. The Morgan fingerprint density at radius 3 is 2.81 bits per heavy atom. The Balaban J connectivity index is 1.21. The Morgan fingerprint density at radius 1 is 1.17 bits per heavy atom. The maximum absolute atomic E-state index is 13.1. The molecule has 3 heterocycles. The Kier molecular flexibility index (Phi) is 7.48. The lowest BCUT2D eigenvalue weighted by Gasteiger charge is -2.33. The molecule has 1 saturated heterocycles. The number of nitrogens with one attached hydrogen (secondary N) is 1. The summed E-state index contributed by atoms with van der Waals surface area (Å²) in [4.78, 5) is 27.6. The van der Waals surface area contributed by atoms with Crippen molar-refractivity contribution >= 4 is 28.0 Å². The summed E-state index contributed by atoms with van der Waals surface area (Å²) in [7, 11) is 1.73. The van der Waals surface area contributed by atoms with Crippen molar-refractivity contribution in [1.82, 2.24) is 24.4 Å². The number of aromatic nitrogens is 4. The second-order valence-electron chi connectivity index (χ2n) is 9.47. The number of fused-ring (bicyclic) bond motifs is 2. The first kappa shape index (κ1) is 24.3. The molecule has 0 spiro atoms. The molecule has 2 aromatic heterocycles. The molecule has 4 aromatic rings. The van der Waals surface area contributed by atoms with Crippen molar-refractivity contribution < 1.29 is 14.3 Å². The highest BCUT2D eigenvalue weighted by Crippen LogP contribution is 2.30. The molecule has 2 atom stereocenters. The number of likely N-dealkylation sites (tertiary alicyclic amines) is 1. The van der Waals surface area contributed by atoms with Gasteiger partial charge in [-0.15, -0.1) is 0 Å². The van der Waals surface area contributed by atoms with Crippen LogP contribution in [0.15, 0.2) is 48.5 Å². The third kappa shape index (κ3) is 5.37. The number of hydrogen-bond donors (Lipinski definition) is 2. The summed E-state index contributed by atoms with van der Waals surface area (Å²) in [6.07, 6.45) is 3.11. The summed E-state index contributed by atoms with van der Waals surface area (Å²) in [5, 5.41) is 0. The van der Waals surface area contributed by atoms with Gasteiger partial charge in [-0.2, -0.15) is 4.98 Å². The summed E-state index contributed by atoms with van der Waals surface area (Å²) in [6.45, 7) is 3.17. The lowest BCUT2D eigenvalue weighted by molar-refractivity contribution is -0.133. The smallest absolute Gasteiger partial charge is 0.294 e. The minimum Gasteiger partial charge on any atom is -0.463 e. The second-order valence-corrected chi connectivity index (χ2v) is 9.47. The molecule has 0 unspecified atom stereocenters. The van der Waals surface area contributed by atoms with Crippen LogP contribution >= 0.6 is 0 Å². The zero-order valence-electron chi connectivity index (χ0n) is 20.7. The minimum atomic E-state index is -0.412. The zero-order valence-corrected chi connectivity index (χ0v) is 20.7. The van der Waals surface area contributed by atoms with E-state index in [0.717, 1.165) is 60.2 Å². The second kappa shape index (κ2) is 11.1. The molecular formula is C27H34N6O3. The number of methoxy groups -OCH3 is 1. The highest BCUT2D eigenvalue weighted by Gasteiger charge is 2.29. The molecule has 0 radical (unpaired) electrons. The number of ether oxygens (including phenoxy) is 2. The zero-order chi connectivity index (χ0) is 24.9. The van der Waals surface area contributed by atoms with Crippen LogP contribution in [0.1, 0.15) is 37.4 Å². The number of nitrogens with zero attached hydrogens (tertiary/aromatic N) is 4. The largest absolute Gasteiger partial charge is 0.463 e. The van der Waals surface area contributed by atoms with Gasteiger partial charge < -0.3 is 29.7 Å². The minimum absolute atomic E-state index is 0.0578. The summed E-state index contributed by atoms with van der Waals surface area (Å²) in [5.74, 6) is 1.31. The Morgan fingerprint density at radius 2 is 1.97 bits per heavy atom. The fourth-order valence-corrected chi connectivity index (χ4v) is 5.02. The summed E-state index contributed by atoms with van der Waals surface area (Å²) in [6, 6.07) is 16.0. The van der Waals surface area contributed by atoms with E-state index in [1.807, 2.05) is 41.3 Å². The van der Waals surface area contributed by atoms with Gasteiger partial charge in [0, 0.05) is 51.7 Å². The predicted molar refractivity (Wildman–Crippen MR) is 139 cm³/mol. The van der Waals surface area contributed by atoms with E-state index >= 15 is 0 Å². The number of piperidine rings is 1. The maximum Gasteiger partial charge on any atom is 0.294 e. The number of imidazole rings is 2. The average molecular weight is 491 g/mol. The Labute approximate surface area is 210 Å². The molecule has 3 N–H and O–H groups in total. The van der Waals surface area contributed by atoms with Crippen LogP contribution in [0.3, 0.4) is 0 Å². The van der Waals surface area contributed by atoms with Crippen LogP contribution in [-0.2, 0) is 16.1 Å². The Hall–Kier alpha value is -3.43. The number of carbonyl (C=O) groups excluding carboxylic acids is 1. The molecule has 0 aliphatic carbocycles. The number of carbonyl (C=O) groups is 1. The summed E-state index contributed by atoms with van der Waals surface area (Å²) < 4.78 is 13.3. The van der Waals surface area contributed by atoms with E-state index < -0.39 is 6.04 Å². The van der Waals surface area contributed by atoms with E-state index in [9.17, 15) is 4.79 Å². The lowest BCUT2D eigenvalue weighted by atomic mass is 9.96. The van der Waals surface area contributed by atoms with Gasteiger partial charge in [-0.3, -0.25) is 4.79 Å². The number of para-hydroxylation sites is 4. The van der Waals surface area contributed by atoms with E-state index in [1.54, 1.807) is 7.11 Å². The van der Waals surface area contributed by atoms with Gasteiger partial charge in [0.05, 0.1) is 22.1 Å². The summed E-state index contributed by atoms with van der Waals surface area (Å²) in [5.41, 5.74) is 10.1. The van der Waals surface area contributed by atoms with E-state index in [0.29, 0.717) is 19.2 Å². The van der Waals surface area contributed by atoms with Crippen LogP contribution in [0.25, 0.3) is 22.1 Å². The number of H-pyrrole nitrogens is 1. The van der Waals surface area contributed by atoms with Gasteiger partial charge in [0.1, 0.15) is 12.4 Å². The van der Waals surface area contributed by atoms with E-state index in [4.69, 9.17) is 20.2 Å². The number of amides is 1. The summed E-state index contributed by atoms with van der Waals surface area (Å²) >= 11 is 0. The van der Waals surface area contributed by atoms with Gasteiger partial charge in [-0.1, -0.05) is 24.3 Å². The first-order valence-electron chi connectivity index (χ1n) is 12.7. The standard InChI is InChI=1S/C27H34N6O3/c1-35-15-7-14-33-24-12-5-4-11-23(24)29-26(33)19-8-6-13-32(17-19)25(34)16-20(28)18-36-27-30-21-9-2-3-10-22(21)31-27/h2-5,9-12,19-20H,6-8,13-18,28H2,1H3,(H,30,31)/t19-,20-/m1/s1. The predicted octanol–water partition coefficient (Wildman–Crippen LogP) is 3.45. The number of aryl methyl sites for hydroxylation is 1. The highest BCUT2D eigenvalue weighted by atomic mass is 16.5. The van der Waals surface area contributed by atoms with Crippen LogP contribution in [0.5, 0.6) is 6.01 Å². The molecule has 0 bridgehead atoms. The van der Waals surface area contributed by atoms with Gasteiger partial charge >= 0.3 is 0 Å². The van der Waals surface area contributed by atoms with Gasteiger partial charge in [0.25, 0.3) is 6.01 Å². The first-order valence-corrected chi connectivity index (χ1v) is 12.7. The molecule has 1 aliphatic rings. The van der Waals surface area contributed by atoms with Gasteiger partial charge in [-0.25, -0.2) is 4.98 Å². The molecule has 190 valence electrons. The number of rotatable bonds is 10. The van der Waals surface area contributed by atoms with Crippen molar-refractivity contribution in [2.45, 2.75) is 44.2 Å². The molecule has 36 heavy (non-hydrogen) atoms. The molecule has 5 rings (SSSR count). The average Bonchev–Trinajstić information content (AvgIpc) is 3.49. The normalized spacial score (nSPS) is 17.1. The topological polar surface area (TPSA) is 111 Å². The SMILES string of the molecule is COCCCn1c([C@@H]2CCCN(C(=O)C[C@@H](N)COc3nc4ccccc4[nH]3)C2)nc2ccccc21. The fraction of sp³-hybridized carbons (Fsp3) is 0.444. The molecule has 1 amide bonds. The van der Waals surface area contributed by atoms with Gasteiger partial charge in [-0.05, 0) is 43.5 Å². The molecule has 0 saturated carbocycles. The van der Waals surface area contributed by atoms with E-state index in [2.05, 4.69) is 26.7 Å². The van der Waals surface area contributed by atoms with Gasteiger partial charge in [0.15, 0.2) is 0 Å². The van der Waals surface area contributed by atoms with Crippen molar-refractivity contribution in [3.05, 3.63) is 54.4 Å². The number of hydrogen-bond acceptors (Lipinski definition) is 6. The Bertz CT molecular complexity index is 1280. The monoisotopic (exact) mass is 490 g/mol. The lowest BCUT2D eigenvalue weighted by Crippen LogP contribution is -2.43. The molecule has 2 aromatic carbocycles. The van der Waals surface area contributed by atoms with E-state index in [1.165, 1.54) is 0 Å². The number of nitrogens with two attached hydrogens (primary N) is 1. The third-order valence-electron chi connectivity index (χ3n) is 6.79. The molecule has 9 heteroatoms. The van der Waals surface area contributed by atoms with Crippen LogP contribution in [-0.4, -0.2) is 69.8 Å². The van der Waals surface area contributed by atoms with Crippen LogP contribution in [0.4, 0.5) is 0 Å². The first-order chi connectivity index (χ1) is 17.6. The van der Waals surface area contributed by atoms with Crippen molar-refractivity contribution in [2.24, 2.45) is 5.73 Å². The van der Waals surface area contributed by atoms with Crippen molar-refractivity contribution in [3.63, 3.8) is 0 Å². The highest BCUT2D eigenvalue weighted by molar-refractivity contribution is 5.78. The molecule has 9 nitrogen and oxygen atoms in total. The number of aromatic amines is 1. The number of benzene rings is 2.